The van der Waals surface area contributed by atoms with Gasteiger partial charge in [0.1, 0.15) is 11.3 Å². The van der Waals surface area contributed by atoms with Crippen molar-refractivity contribution in [2.75, 3.05) is 5.32 Å². The number of nitrogens with one attached hydrogen (secondary N) is 1. The van der Waals surface area contributed by atoms with Crippen LogP contribution in [-0.4, -0.2) is 25.9 Å². The van der Waals surface area contributed by atoms with Gasteiger partial charge < -0.3 is 5.32 Å². The van der Waals surface area contributed by atoms with Crippen LogP contribution in [0.4, 0.5) is 9.52 Å². The van der Waals surface area contributed by atoms with Crippen LogP contribution in [0.2, 0.25) is 0 Å². The zero-order valence-electron chi connectivity index (χ0n) is 15.0. The molecule has 1 aliphatic carbocycles. The molecule has 1 amide bonds. The first kappa shape index (κ1) is 17.8. The number of fused-ring (bicyclic) bond motifs is 1. The van der Waals surface area contributed by atoms with Gasteiger partial charge in [0.2, 0.25) is 11.0 Å². The summed E-state index contributed by atoms with van der Waals surface area (Å²) in [6, 6.07) is 6.39. The van der Waals surface area contributed by atoms with Gasteiger partial charge in [-0.15, -0.1) is 10.2 Å². The van der Waals surface area contributed by atoms with Crippen molar-refractivity contribution in [1.82, 2.24) is 20.0 Å². The van der Waals surface area contributed by atoms with Gasteiger partial charge in [0.25, 0.3) is 0 Å². The summed E-state index contributed by atoms with van der Waals surface area (Å²) in [7, 11) is 0. The fraction of sp³-hybridized carbons (Fsp3) is 0.368. The highest BCUT2D eigenvalue weighted by Crippen LogP contribution is 2.39. The van der Waals surface area contributed by atoms with Gasteiger partial charge in [0.15, 0.2) is 0 Å². The van der Waals surface area contributed by atoms with Crippen LogP contribution in [0.5, 0.6) is 0 Å². The Morgan fingerprint density at radius 3 is 2.93 bits per heavy atom. The molecule has 1 atom stereocenters. The Morgan fingerprint density at radius 2 is 2.19 bits per heavy atom. The number of nitrogens with zero attached hydrogens (tertiary/aromatic N) is 4. The first-order valence-electron chi connectivity index (χ1n) is 8.90. The largest absolute Gasteiger partial charge is 0.301 e. The maximum Gasteiger partial charge on any atom is 0.226 e. The average molecular weight is 385 g/mol. The van der Waals surface area contributed by atoms with Crippen LogP contribution in [-0.2, 0) is 17.6 Å². The second-order valence-electron chi connectivity index (χ2n) is 7.28. The van der Waals surface area contributed by atoms with E-state index in [1.807, 2.05) is 10.9 Å². The molecule has 8 heteroatoms. The average Bonchev–Trinajstić information content (AvgIpc) is 3.30. The molecule has 0 saturated carbocycles. The number of amides is 1. The van der Waals surface area contributed by atoms with E-state index in [4.69, 9.17) is 0 Å². The Labute approximate surface area is 160 Å². The highest BCUT2D eigenvalue weighted by Gasteiger charge is 2.32. The second-order valence-corrected chi connectivity index (χ2v) is 8.12. The van der Waals surface area contributed by atoms with Crippen LogP contribution in [0.3, 0.4) is 0 Å². The Hall–Kier alpha value is -2.61. The zero-order valence-corrected chi connectivity index (χ0v) is 15.8. The predicted octanol–water partition coefficient (Wildman–Crippen LogP) is 3.78. The SMILES string of the molecule is CC1(CCC(=O)Nc2nncs2)CCc2c(cnn2-c2ccc(F)cc2)C1. The van der Waals surface area contributed by atoms with Gasteiger partial charge in [0, 0.05) is 12.1 Å². The van der Waals surface area contributed by atoms with E-state index in [1.165, 1.54) is 34.7 Å². The lowest BCUT2D eigenvalue weighted by atomic mass is 9.72. The van der Waals surface area contributed by atoms with Crippen molar-refractivity contribution in [3.8, 4) is 5.69 Å². The molecule has 1 N–H and O–H groups in total. The standard InChI is InChI=1S/C19H20FN5OS/c1-19(9-7-17(26)23-18-24-21-12-27-18)8-6-16-13(10-19)11-22-25(16)15-4-2-14(20)3-5-15/h2-5,11-12H,6-10H2,1H3,(H,23,24,26). The van der Waals surface area contributed by atoms with E-state index in [9.17, 15) is 9.18 Å². The minimum atomic E-state index is -0.251. The van der Waals surface area contributed by atoms with E-state index in [0.717, 1.165) is 31.4 Å². The van der Waals surface area contributed by atoms with Gasteiger partial charge in [0.05, 0.1) is 11.9 Å². The molecular weight excluding hydrogens is 365 g/mol. The summed E-state index contributed by atoms with van der Waals surface area (Å²) in [6.45, 7) is 2.23. The zero-order chi connectivity index (χ0) is 18.9. The molecule has 3 aromatic rings. The summed E-state index contributed by atoms with van der Waals surface area (Å²) < 4.78 is 15.1. The Morgan fingerprint density at radius 1 is 1.37 bits per heavy atom. The normalized spacial score (nSPS) is 18.9. The van der Waals surface area contributed by atoms with E-state index in [-0.39, 0.29) is 17.1 Å². The number of carbonyl (C=O) groups excluding carboxylic acids is 1. The highest BCUT2D eigenvalue weighted by atomic mass is 32.1. The Bertz CT molecular complexity index is 938. The number of halogens is 1. The highest BCUT2D eigenvalue weighted by molar-refractivity contribution is 7.13. The van der Waals surface area contributed by atoms with Crippen molar-refractivity contribution in [3.05, 3.63) is 53.0 Å². The van der Waals surface area contributed by atoms with Crippen LogP contribution in [0.25, 0.3) is 5.69 Å². The third kappa shape index (κ3) is 3.90. The minimum absolute atomic E-state index is 0.0271. The van der Waals surface area contributed by atoms with Crippen molar-refractivity contribution in [2.45, 2.75) is 39.0 Å². The molecule has 2 aromatic heterocycles. The third-order valence-electron chi connectivity index (χ3n) is 5.17. The second kappa shape index (κ2) is 7.19. The van der Waals surface area contributed by atoms with E-state index < -0.39 is 0 Å². The molecular formula is C19H20FN5OS. The number of hydrogen-bond acceptors (Lipinski definition) is 5. The lowest BCUT2D eigenvalue weighted by Gasteiger charge is -2.33. The molecule has 0 fully saturated rings. The van der Waals surface area contributed by atoms with E-state index in [1.54, 1.807) is 17.6 Å². The quantitative estimate of drug-likeness (QED) is 0.725. The number of aromatic nitrogens is 4. The molecule has 0 aliphatic heterocycles. The molecule has 2 heterocycles. The van der Waals surface area contributed by atoms with Gasteiger partial charge in [-0.3, -0.25) is 4.79 Å². The van der Waals surface area contributed by atoms with Crippen molar-refractivity contribution >= 4 is 22.4 Å². The molecule has 6 nitrogen and oxygen atoms in total. The summed E-state index contributed by atoms with van der Waals surface area (Å²) in [5.41, 5.74) is 4.91. The molecule has 140 valence electrons. The molecule has 0 bridgehead atoms. The van der Waals surface area contributed by atoms with Crippen LogP contribution in [0, 0.1) is 11.2 Å². The first-order chi connectivity index (χ1) is 13.0. The van der Waals surface area contributed by atoms with Crippen molar-refractivity contribution < 1.29 is 9.18 Å². The van der Waals surface area contributed by atoms with E-state index >= 15 is 0 Å². The molecule has 1 aromatic carbocycles. The maximum atomic E-state index is 13.2. The topological polar surface area (TPSA) is 72.7 Å². The summed E-state index contributed by atoms with van der Waals surface area (Å²) >= 11 is 1.32. The summed E-state index contributed by atoms with van der Waals surface area (Å²) in [4.78, 5) is 12.1. The van der Waals surface area contributed by atoms with Crippen LogP contribution < -0.4 is 5.32 Å². The van der Waals surface area contributed by atoms with Gasteiger partial charge >= 0.3 is 0 Å². The monoisotopic (exact) mass is 385 g/mol. The number of rotatable bonds is 5. The van der Waals surface area contributed by atoms with Crippen LogP contribution in [0.15, 0.2) is 36.0 Å². The number of anilines is 1. The third-order valence-corrected chi connectivity index (χ3v) is 5.78. The Kier molecular flexibility index (Phi) is 4.73. The maximum absolute atomic E-state index is 13.2. The number of hydrogen-bond donors (Lipinski definition) is 1. The number of carbonyl (C=O) groups is 1. The van der Waals surface area contributed by atoms with Gasteiger partial charge in [-0.1, -0.05) is 18.3 Å². The van der Waals surface area contributed by atoms with E-state index in [2.05, 4.69) is 27.5 Å². The van der Waals surface area contributed by atoms with Gasteiger partial charge in [-0.25, -0.2) is 9.07 Å². The lowest BCUT2D eigenvalue weighted by molar-refractivity contribution is -0.116. The molecule has 1 unspecified atom stereocenters. The summed E-state index contributed by atoms with van der Waals surface area (Å²) in [6.07, 6.45) is 5.92. The molecule has 4 rings (SSSR count). The van der Waals surface area contributed by atoms with E-state index in [0.29, 0.717) is 11.6 Å². The predicted molar refractivity (Wildman–Crippen MR) is 101 cm³/mol. The summed E-state index contributed by atoms with van der Waals surface area (Å²) in [5.74, 6) is -0.278. The first-order valence-corrected chi connectivity index (χ1v) is 9.78. The molecule has 27 heavy (non-hydrogen) atoms. The molecule has 0 saturated heterocycles. The van der Waals surface area contributed by atoms with Crippen LogP contribution in [0.1, 0.15) is 37.4 Å². The fourth-order valence-electron chi connectivity index (χ4n) is 3.63. The Balaban J connectivity index is 1.42. The molecule has 0 radical (unpaired) electrons. The van der Waals surface area contributed by atoms with Crippen molar-refractivity contribution in [3.63, 3.8) is 0 Å². The number of benzene rings is 1. The van der Waals surface area contributed by atoms with Crippen molar-refractivity contribution in [1.29, 1.82) is 0 Å². The van der Waals surface area contributed by atoms with Crippen LogP contribution >= 0.6 is 11.3 Å². The fourth-order valence-corrected chi connectivity index (χ4v) is 4.09. The van der Waals surface area contributed by atoms with Gasteiger partial charge in [-0.05, 0) is 60.9 Å². The lowest BCUT2D eigenvalue weighted by Crippen LogP contribution is -2.28. The van der Waals surface area contributed by atoms with Crippen molar-refractivity contribution in [2.24, 2.45) is 5.41 Å². The minimum Gasteiger partial charge on any atom is -0.301 e. The smallest absolute Gasteiger partial charge is 0.226 e. The molecule has 0 spiro atoms. The van der Waals surface area contributed by atoms with Gasteiger partial charge in [-0.2, -0.15) is 5.10 Å². The summed E-state index contributed by atoms with van der Waals surface area (Å²) in [5, 5.41) is 15.4. The molecule has 1 aliphatic rings.